The Hall–Kier alpha value is -2.89. The molecule has 0 aliphatic heterocycles. The molecule has 148 valence electrons. The largest absolute Gasteiger partial charge is 0.497 e. The van der Waals surface area contributed by atoms with Gasteiger partial charge in [-0.15, -0.1) is 0 Å². The van der Waals surface area contributed by atoms with Gasteiger partial charge in [0.05, 0.1) is 7.11 Å². The number of hydrogen-bond donors (Lipinski definition) is 1. The van der Waals surface area contributed by atoms with Crippen molar-refractivity contribution >= 4 is 11.8 Å². The Morgan fingerprint density at radius 1 is 1.11 bits per heavy atom. The van der Waals surface area contributed by atoms with E-state index >= 15 is 0 Å². The normalized spacial score (nSPS) is 21.2. The van der Waals surface area contributed by atoms with Crippen LogP contribution >= 0.6 is 0 Å². The Balaban J connectivity index is 1.78. The van der Waals surface area contributed by atoms with Crippen LogP contribution in [-0.2, 0) is 4.79 Å². The van der Waals surface area contributed by atoms with Crippen molar-refractivity contribution in [3.63, 3.8) is 0 Å². The molecule has 5 nitrogen and oxygen atoms in total. The molecule has 1 saturated carbocycles. The smallest absolute Gasteiger partial charge is 0.251 e. The zero-order valence-electron chi connectivity index (χ0n) is 16.3. The number of halogens is 1. The monoisotopic (exact) mass is 384 g/mol. The van der Waals surface area contributed by atoms with Crippen LogP contribution in [0.5, 0.6) is 5.75 Å². The first-order chi connectivity index (χ1) is 13.4. The Morgan fingerprint density at radius 2 is 1.82 bits per heavy atom. The van der Waals surface area contributed by atoms with Gasteiger partial charge in [0.25, 0.3) is 5.91 Å². The lowest BCUT2D eigenvalue weighted by atomic mass is 9.88. The first kappa shape index (κ1) is 19.9. The maximum Gasteiger partial charge on any atom is 0.251 e. The van der Waals surface area contributed by atoms with Crippen molar-refractivity contribution in [2.45, 2.75) is 24.8 Å². The average Bonchev–Trinajstić information content (AvgIpc) is 3.11. The van der Waals surface area contributed by atoms with Gasteiger partial charge in [-0.2, -0.15) is 0 Å². The molecular formula is C22H25FN2O3. The molecule has 2 aromatic rings. The van der Waals surface area contributed by atoms with Gasteiger partial charge in [-0.1, -0.05) is 18.2 Å². The Labute approximate surface area is 164 Å². The Kier molecular flexibility index (Phi) is 5.97. The van der Waals surface area contributed by atoms with Crippen LogP contribution in [0, 0.1) is 11.7 Å². The highest BCUT2D eigenvalue weighted by Crippen LogP contribution is 2.41. The Bertz CT molecular complexity index is 851. The van der Waals surface area contributed by atoms with Crippen molar-refractivity contribution in [3.8, 4) is 5.75 Å². The van der Waals surface area contributed by atoms with Crippen LogP contribution in [-0.4, -0.2) is 44.0 Å². The van der Waals surface area contributed by atoms with Gasteiger partial charge < -0.3 is 15.0 Å². The van der Waals surface area contributed by atoms with Gasteiger partial charge in [0, 0.05) is 31.6 Å². The van der Waals surface area contributed by atoms with Crippen molar-refractivity contribution in [2.75, 3.05) is 21.2 Å². The maximum atomic E-state index is 13.3. The molecule has 0 aromatic heterocycles. The number of amides is 2. The summed E-state index contributed by atoms with van der Waals surface area (Å²) in [6.07, 6.45) is 1.18. The van der Waals surface area contributed by atoms with Crippen LogP contribution < -0.4 is 10.1 Å². The molecule has 0 bridgehead atoms. The quantitative estimate of drug-likeness (QED) is 0.861. The van der Waals surface area contributed by atoms with E-state index in [0.717, 1.165) is 5.56 Å². The third kappa shape index (κ3) is 4.32. The number of nitrogens with zero attached hydrogens (tertiary/aromatic N) is 1. The molecule has 2 aromatic carbocycles. The third-order valence-electron chi connectivity index (χ3n) is 5.29. The molecule has 1 fully saturated rings. The second-order valence-electron chi connectivity index (χ2n) is 7.37. The van der Waals surface area contributed by atoms with Gasteiger partial charge >= 0.3 is 0 Å². The topological polar surface area (TPSA) is 58.6 Å². The lowest BCUT2D eigenvalue weighted by Crippen LogP contribution is -2.34. The summed E-state index contributed by atoms with van der Waals surface area (Å²) in [4.78, 5) is 26.9. The second-order valence-corrected chi connectivity index (χ2v) is 7.37. The van der Waals surface area contributed by atoms with E-state index in [9.17, 15) is 14.0 Å². The number of carbonyl (C=O) groups is 2. The number of nitrogens with one attached hydrogen (secondary N) is 1. The van der Waals surface area contributed by atoms with Gasteiger partial charge in [-0.3, -0.25) is 9.59 Å². The molecule has 1 aliphatic carbocycles. The summed E-state index contributed by atoms with van der Waals surface area (Å²) >= 11 is 0. The fourth-order valence-electron chi connectivity index (χ4n) is 3.87. The molecular weight excluding hydrogens is 359 g/mol. The van der Waals surface area contributed by atoms with Crippen LogP contribution in [0.15, 0.2) is 48.5 Å². The molecule has 0 unspecified atom stereocenters. The van der Waals surface area contributed by atoms with E-state index in [1.807, 2.05) is 0 Å². The molecule has 0 saturated heterocycles. The summed E-state index contributed by atoms with van der Waals surface area (Å²) < 4.78 is 18.5. The van der Waals surface area contributed by atoms with E-state index in [0.29, 0.717) is 24.2 Å². The highest BCUT2D eigenvalue weighted by Gasteiger charge is 2.40. The van der Waals surface area contributed by atoms with Gasteiger partial charge in [-0.05, 0) is 54.7 Å². The second kappa shape index (κ2) is 8.42. The molecule has 3 atom stereocenters. The lowest BCUT2D eigenvalue weighted by Gasteiger charge is -2.22. The molecule has 0 spiro atoms. The zero-order valence-corrected chi connectivity index (χ0v) is 16.3. The fourth-order valence-corrected chi connectivity index (χ4v) is 3.87. The summed E-state index contributed by atoms with van der Waals surface area (Å²) in [6, 6.07) is 13.1. The van der Waals surface area contributed by atoms with Crippen molar-refractivity contribution in [1.82, 2.24) is 10.2 Å². The molecule has 1 aliphatic rings. The van der Waals surface area contributed by atoms with Crippen LogP contribution in [0.1, 0.15) is 34.7 Å². The summed E-state index contributed by atoms with van der Waals surface area (Å²) in [5.41, 5.74) is 1.43. The summed E-state index contributed by atoms with van der Waals surface area (Å²) in [6.45, 7) is 0. The van der Waals surface area contributed by atoms with Crippen molar-refractivity contribution in [1.29, 1.82) is 0 Å². The molecule has 2 amide bonds. The third-order valence-corrected chi connectivity index (χ3v) is 5.29. The number of carbonyl (C=O) groups excluding carboxylic acids is 2. The van der Waals surface area contributed by atoms with E-state index < -0.39 is 0 Å². The van der Waals surface area contributed by atoms with E-state index in [2.05, 4.69) is 5.32 Å². The fraction of sp³-hybridized carbons (Fsp3) is 0.364. The van der Waals surface area contributed by atoms with Crippen LogP contribution in [0.4, 0.5) is 4.39 Å². The average molecular weight is 384 g/mol. The zero-order chi connectivity index (χ0) is 20.3. The number of methoxy groups -OCH3 is 1. The molecule has 0 heterocycles. The minimum Gasteiger partial charge on any atom is -0.497 e. The summed E-state index contributed by atoms with van der Waals surface area (Å²) in [5.74, 6) is -0.182. The molecule has 28 heavy (non-hydrogen) atoms. The Morgan fingerprint density at radius 3 is 2.46 bits per heavy atom. The van der Waals surface area contributed by atoms with E-state index in [4.69, 9.17) is 4.74 Å². The molecule has 1 N–H and O–H groups in total. The first-order valence-electron chi connectivity index (χ1n) is 9.30. The van der Waals surface area contributed by atoms with Crippen molar-refractivity contribution in [3.05, 3.63) is 65.5 Å². The van der Waals surface area contributed by atoms with Gasteiger partial charge in [0.1, 0.15) is 11.6 Å². The van der Waals surface area contributed by atoms with E-state index in [-0.39, 0.29) is 35.5 Å². The molecule has 6 heteroatoms. The maximum absolute atomic E-state index is 13.3. The number of rotatable bonds is 5. The number of hydrogen-bond acceptors (Lipinski definition) is 3. The highest BCUT2D eigenvalue weighted by atomic mass is 19.1. The van der Waals surface area contributed by atoms with E-state index in [1.165, 1.54) is 12.1 Å². The summed E-state index contributed by atoms with van der Waals surface area (Å²) in [5, 5.41) is 3.04. The predicted octanol–water partition coefficient (Wildman–Crippen LogP) is 3.21. The molecule has 0 radical (unpaired) electrons. The van der Waals surface area contributed by atoms with Crippen LogP contribution in [0.25, 0.3) is 0 Å². The van der Waals surface area contributed by atoms with Gasteiger partial charge in [0.15, 0.2) is 0 Å². The minimum atomic E-state index is -0.305. The van der Waals surface area contributed by atoms with Gasteiger partial charge in [0.2, 0.25) is 5.91 Å². The van der Waals surface area contributed by atoms with Gasteiger partial charge in [-0.25, -0.2) is 4.39 Å². The number of ether oxygens (including phenoxy) is 1. The lowest BCUT2D eigenvalue weighted by molar-refractivity contribution is -0.133. The van der Waals surface area contributed by atoms with Crippen molar-refractivity contribution < 1.29 is 18.7 Å². The molecule has 3 rings (SSSR count). The summed E-state index contributed by atoms with van der Waals surface area (Å²) in [7, 11) is 5.01. The minimum absolute atomic E-state index is 0.0208. The standard InChI is InChI=1S/C22H25FN2O3/c1-25(2)22(27)20-13-17(12-19(20)14-7-9-16(23)10-8-14)24-21(26)15-5-4-6-18(11-15)28-3/h4-11,17,19-20H,12-13H2,1-3H3,(H,24,26)/t17-,19+,20-/m0/s1. The predicted molar refractivity (Wildman–Crippen MR) is 105 cm³/mol. The first-order valence-corrected chi connectivity index (χ1v) is 9.30. The van der Waals surface area contributed by atoms with E-state index in [1.54, 1.807) is 62.5 Å². The van der Waals surface area contributed by atoms with Crippen LogP contribution in [0.2, 0.25) is 0 Å². The highest BCUT2D eigenvalue weighted by molar-refractivity contribution is 5.95. The number of benzene rings is 2. The van der Waals surface area contributed by atoms with Crippen LogP contribution in [0.3, 0.4) is 0 Å². The van der Waals surface area contributed by atoms with Crippen molar-refractivity contribution in [2.24, 2.45) is 5.92 Å². The SMILES string of the molecule is COc1cccc(C(=O)N[C@@H]2C[C@H](C(=O)N(C)C)[C@@H](c3ccc(F)cc3)C2)c1.